The molecule has 1 saturated heterocycles. The molecule has 0 amide bonds. The molecule has 0 spiro atoms. The molecule has 190 valence electrons. The van der Waals surface area contributed by atoms with Gasteiger partial charge in [0, 0.05) is 56.3 Å². The van der Waals surface area contributed by atoms with Gasteiger partial charge in [-0.1, -0.05) is 6.07 Å². The van der Waals surface area contributed by atoms with Crippen LogP contribution in [0.2, 0.25) is 0 Å². The maximum absolute atomic E-state index is 11.4. The van der Waals surface area contributed by atoms with Crippen molar-refractivity contribution in [3.63, 3.8) is 0 Å². The third kappa shape index (κ3) is 6.20. The number of nitrogens with zero attached hydrogens (tertiary/aromatic N) is 4. The molecule has 35 heavy (non-hydrogen) atoms. The summed E-state index contributed by atoms with van der Waals surface area (Å²) in [6.45, 7) is 9.53. The molecule has 2 aromatic heterocycles. The zero-order valence-electron chi connectivity index (χ0n) is 21.2. The average molecular weight is 500 g/mol. The van der Waals surface area contributed by atoms with Crippen LogP contribution in [0.4, 0.5) is 5.82 Å². The second-order valence-corrected chi connectivity index (χ2v) is 11.8. The Bertz CT molecular complexity index is 1230. The number of benzene rings is 1. The lowest BCUT2D eigenvalue weighted by Gasteiger charge is -2.27. The van der Waals surface area contributed by atoms with Crippen molar-refractivity contribution in [3.8, 4) is 11.4 Å². The van der Waals surface area contributed by atoms with Crippen molar-refractivity contribution in [2.45, 2.75) is 58.8 Å². The van der Waals surface area contributed by atoms with Crippen LogP contribution in [0.3, 0.4) is 0 Å². The lowest BCUT2D eigenvalue weighted by atomic mass is 10.2. The van der Waals surface area contributed by atoms with Gasteiger partial charge in [0.15, 0.2) is 0 Å². The van der Waals surface area contributed by atoms with Gasteiger partial charge in [0.05, 0.1) is 23.4 Å². The Hall–Kier alpha value is -2.49. The molecule has 1 N–H and O–H groups in total. The van der Waals surface area contributed by atoms with Gasteiger partial charge in [-0.2, -0.15) is 0 Å². The van der Waals surface area contributed by atoms with Gasteiger partial charge in [0.25, 0.3) is 0 Å². The normalized spacial score (nSPS) is 18.6. The molecule has 0 aliphatic carbocycles. The summed E-state index contributed by atoms with van der Waals surface area (Å²) in [5.41, 5.74) is 4.00. The van der Waals surface area contributed by atoms with Crippen molar-refractivity contribution in [2.75, 3.05) is 36.7 Å². The van der Waals surface area contributed by atoms with Gasteiger partial charge >= 0.3 is 0 Å². The first-order valence-corrected chi connectivity index (χ1v) is 14.5. The number of hydrogen-bond donors (Lipinski definition) is 1. The molecule has 1 aromatic carbocycles. The number of imidazole rings is 1. The molecule has 1 fully saturated rings. The molecule has 4 rings (SSSR count). The SMILES string of the molecule is CCOCCn1c(-c2ccc(N3[C@@H](C)CC[C@@H]3C)nc2)nc2cc(CNCCS(C)(=O)=O)ccc21. The fraction of sp³-hybridized carbons (Fsp3) is 0.538. The first kappa shape index (κ1) is 25.6. The predicted octanol–water partition coefficient (Wildman–Crippen LogP) is 3.65. The first-order chi connectivity index (χ1) is 16.8. The molecule has 2 atom stereocenters. The first-order valence-electron chi connectivity index (χ1n) is 12.5. The number of anilines is 1. The lowest BCUT2D eigenvalue weighted by molar-refractivity contribution is 0.140. The number of aromatic nitrogens is 3. The van der Waals surface area contributed by atoms with E-state index < -0.39 is 9.84 Å². The summed E-state index contributed by atoms with van der Waals surface area (Å²) in [6.07, 6.45) is 5.58. The number of hydrogen-bond acceptors (Lipinski definition) is 7. The Labute approximate surface area is 208 Å². The van der Waals surface area contributed by atoms with E-state index in [-0.39, 0.29) is 5.75 Å². The fourth-order valence-electron chi connectivity index (χ4n) is 4.84. The molecule has 3 aromatic rings. The number of nitrogens with one attached hydrogen (secondary N) is 1. The zero-order valence-corrected chi connectivity index (χ0v) is 22.0. The highest BCUT2D eigenvalue weighted by Gasteiger charge is 2.28. The molecule has 0 saturated carbocycles. The highest BCUT2D eigenvalue weighted by atomic mass is 32.2. The van der Waals surface area contributed by atoms with E-state index in [4.69, 9.17) is 14.7 Å². The van der Waals surface area contributed by atoms with Gasteiger partial charge < -0.3 is 19.5 Å². The Morgan fingerprint density at radius 1 is 1.14 bits per heavy atom. The van der Waals surface area contributed by atoms with E-state index in [9.17, 15) is 8.42 Å². The molecule has 0 radical (unpaired) electrons. The summed E-state index contributed by atoms with van der Waals surface area (Å²) in [5.74, 6) is 2.03. The smallest absolute Gasteiger partial charge is 0.148 e. The van der Waals surface area contributed by atoms with Crippen molar-refractivity contribution in [1.82, 2.24) is 19.9 Å². The number of pyridine rings is 1. The van der Waals surface area contributed by atoms with Crippen LogP contribution in [0.15, 0.2) is 36.5 Å². The molecule has 0 unspecified atom stereocenters. The van der Waals surface area contributed by atoms with E-state index in [2.05, 4.69) is 59.0 Å². The second-order valence-electron chi connectivity index (χ2n) is 9.50. The van der Waals surface area contributed by atoms with Crippen LogP contribution in [-0.2, 0) is 27.7 Å². The standard InChI is InChI=1S/C26H37N5O3S/c1-5-34-14-13-30-24-10-8-21(17-27-12-15-35(4,32)33)16-23(24)29-26(30)22-9-11-25(28-18-22)31-19(2)6-7-20(31)3/h8-11,16,18-20,27H,5-7,12-15,17H2,1-4H3/t19-,20-/m0/s1. The summed E-state index contributed by atoms with van der Waals surface area (Å²) in [4.78, 5) is 12.2. The van der Waals surface area contributed by atoms with Crippen LogP contribution in [0.5, 0.6) is 0 Å². The van der Waals surface area contributed by atoms with Crippen LogP contribution in [0.1, 0.15) is 39.2 Å². The average Bonchev–Trinajstić information content (AvgIpc) is 3.35. The van der Waals surface area contributed by atoms with E-state index in [0.29, 0.717) is 44.9 Å². The maximum Gasteiger partial charge on any atom is 0.148 e. The van der Waals surface area contributed by atoms with Gasteiger partial charge in [-0.25, -0.2) is 18.4 Å². The Morgan fingerprint density at radius 2 is 1.91 bits per heavy atom. The van der Waals surface area contributed by atoms with E-state index in [0.717, 1.165) is 33.8 Å². The summed E-state index contributed by atoms with van der Waals surface area (Å²) in [5, 5.41) is 3.21. The van der Waals surface area contributed by atoms with Crippen LogP contribution in [0, 0.1) is 0 Å². The summed E-state index contributed by atoms with van der Waals surface area (Å²) in [7, 11) is -2.97. The molecular weight excluding hydrogens is 462 g/mol. The molecule has 8 nitrogen and oxygen atoms in total. The van der Waals surface area contributed by atoms with E-state index in [1.54, 1.807) is 0 Å². The number of rotatable bonds is 11. The van der Waals surface area contributed by atoms with Crippen molar-refractivity contribution in [3.05, 3.63) is 42.1 Å². The molecule has 1 aliphatic rings. The second kappa shape index (κ2) is 11.1. The lowest BCUT2D eigenvalue weighted by Crippen LogP contribution is -2.33. The monoisotopic (exact) mass is 499 g/mol. The van der Waals surface area contributed by atoms with Gasteiger partial charge in [-0.05, 0) is 63.4 Å². The summed E-state index contributed by atoms with van der Waals surface area (Å²) < 4.78 is 30.6. The van der Waals surface area contributed by atoms with Gasteiger partial charge in [-0.3, -0.25) is 0 Å². The van der Waals surface area contributed by atoms with Crippen LogP contribution in [0.25, 0.3) is 22.4 Å². The highest BCUT2D eigenvalue weighted by molar-refractivity contribution is 7.90. The molecule has 0 bridgehead atoms. The van der Waals surface area contributed by atoms with Gasteiger partial charge in [-0.15, -0.1) is 0 Å². The minimum Gasteiger partial charge on any atom is -0.380 e. The zero-order chi connectivity index (χ0) is 25.0. The number of fused-ring (bicyclic) bond motifs is 1. The summed E-state index contributed by atoms with van der Waals surface area (Å²) in [6, 6.07) is 11.4. The third-order valence-corrected chi connectivity index (χ3v) is 7.62. The quantitative estimate of drug-likeness (QED) is 0.403. The Balaban J connectivity index is 1.59. The number of sulfone groups is 1. The minimum absolute atomic E-state index is 0.128. The Morgan fingerprint density at radius 3 is 2.57 bits per heavy atom. The molecule has 9 heteroatoms. The van der Waals surface area contributed by atoms with Gasteiger partial charge in [0.2, 0.25) is 0 Å². The van der Waals surface area contributed by atoms with E-state index >= 15 is 0 Å². The Kier molecular flexibility index (Phi) is 8.09. The third-order valence-electron chi connectivity index (χ3n) is 6.68. The highest BCUT2D eigenvalue weighted by Crippen LogP contribution is 2.31. The van der Waals surface area contributed by atoms with Crippen molar-refractivity contribution >= 4 is 26.7 Å². The van der Waals surface area contributed by atoms with Crippen molar-refractivity contribution < 1.29 is 13.2 Å². The molecule has 3 heterocycles. The maximum atomic E-state index is 11.4. The van der Waals surface area contributed by atoms with Crippen LogP contribution < -0.4 is 10.2 Å². The fourth-order valence-corrected chi connectivity index (χ4v) is 5.36. The van der Waals surface area contributed by atoms with Crippen molar-refractivity contribution in [1.29, 1.82) is 0 Å². The van der Waals surface area contributed by atoms with Crippen molar-refractivity contribution in [2.24, 2.45) is 0 Å². The molecular formula is C26H37N5O3S. The van der Waals surface area contributed by atoms with Gasteiger partial charge in [0.1, 0.15) is 21.5 Å². The number of ether oxygens (including phenoxy) is 1. The largest absolute Gasteiger partial charge is 0.380 e. The predicted molar refractivity (Wildman–Crippen MR) is 142 cm³/mol. The van der Waals surface area contributed by atoms with E-state index in [1.165, 1.54) is 19.1 Å². The molecule has 1 aliphatic heterocycles. The minimum atomic E-state index is -2.97. The van der Waals surface area contributed by atoms with E-state index in [1.807, 2.05) is 13.1 Å². The van der Waals surface area contributed by atoms with Crippen LogP contribution >= 0.6 is 0 Å². The summed E-state index contributed by atoms with van der Waals surface area (Å²) >= 11 is 0. The topological polar surface area (TPSA) is 89.3 Å². The van der Waals surface area contributed by atoms with Crippen LogP contribution in [-0.4, -0.2) is 66.8 Å².